The number of carbonyl (C=O) groups is 1. The normalized spacial score (nSPS) is 10.5. The van der Waals surface area contributed by atoms with E-state index in [-0.39, 0.29) is 17.2 Å². The molecule has 0 bridgehead atoms. The van der Waals surface area contributed by atoms with Crippen molar-refractivity contribution in [1.29, 1.82) is 0 Å². The minimum atomic E-state index is -0.232. The number of ether oxygens (including phenoxy) is 2. The maximum absolute atomic E-state index is 12.5. The molecule has 0 saturated heterocycles. The molecule has 30 heavy (non-hydrogen) atoms. The Morgan fingerprint density at radius 1 is 1.10 bits per heavy atom. The Bertz CT molecular complexity index is 1060. The summed E-state index contributed by atoms with van der Waals surface area (Å²) in [4.78, 5) is 32.1. The number of amides is 1. The Balaban J connectivity index is 1.64. The lowest BCUT2D eigenvalue weighted by atomic mass is 10.1. The van der Waals surface area contributed by atoms with E-state index in [1.165, 1.54) is 11.8 Å². The van der Waals surface area contributed by atoms with Gasteiger partial charge in [0, 0.05) is 41.6 Å². The van der Waals surface area contributed by atoms with Gasteiger partial charge in [0.2, 0.25) is 5.91 Å². The van der Waals surface area contributed by atoms with Crippen LogP contribution in [0.2, 0.25) is 0 Å². The molecule has 0 fully saturated rings. The van der Waals surface area contributed by atoms with Crippen molar-refractivity contribution in [1.82, 2.24) is 9.97 Å². The molecule has 1 heterocycles. The molecule has 1 amide bonds. The molecule has 0 aliphatic carbocycles. The SMILES string of the molecule is COc1cc(NC(=O)CSc2nc(C)c(Cc3ccccc3)c(=O)[nH]2)cc(OC)c1. The first-order valence-corrected chi connectivity index (χ1v) is 10.3. The Morgan fingerprint density at radius 3 is 2.37 bits per heavy atom. The largest absolute Gasteiger partial charge is 0.497 e. The van der Waals surface area contributed by atoms with Gasteiger partial charge >= 0.3 is 0 Å². The maximum Gasteiger partial charge on any atom is 0.255 e. The summed E-state index contributed by atoms with van der Waals surface area (Å²) in [5.41, 5.74) is 2.70. The summed E-state index contributed by atoms with van der Waals surface area (Å²) in [6.07, 6.45) is 0.512. The van der Waals surface area contributed by atoms with Crippen LogP contribution in [0.4, 0.5) is 5.69 Å². The average molecular weight is 426 g/mol. The van der Waals surface area contributed by atoms with E-state index >= 15 is 0 Å². The summed E-state index contributed by atoms with van der Waals surface area (Å²) < 4.78 is 10.4. The minimum absolute atomic E-state index is 0.0972. The Labute approximate surface area is 178 Å². The summed E-state index contributed by atoms with van der Waals surface area (Å²) >= 11 is 1.17. The van der Waals surface area contributed by atoms with Gasteiger partial charge in [-0.15, -0.1) is 0 Å². The highest BCUT2D eigenvalue weighted by Crippen LogP contribution is 2.26. The molecule has 3 aromatic rings. The van der Waals surface area contributed by atoms with Crippen LogP contribution in [0.15, 0.2) is 58.5 Å². The number of anilines is 1. The minimum Gasteiger partial charge on any atom is -0.497 e. The smallest absolute Gasteiger partial charge is 0.255 e. The van der Waals surface area contributed by atoms with E-state index in [9.17, 15) is 9.59 Å². The van der Waals surface area contributed by atoms with E-state index in [1.807, 2.05) is 30.3 Å². The molecule has 1 aromatic heterocycles. The summed E-state index contributed by atoms with van der Waals surface area (Å²) in [6.45, 7) is 1.81. The number of hydrogen-bond acceptors (Lipinski definition) is 6. The zero-order valence-electron chi connectivity index (χ0n) is 17.0. The van der Waals surface area contributed by atoms with Crippen molar-refractivity contribution in [2.45, 2.75) is 18.5 Å². The van der Waals surface area contributed by atoms with E-state index in [4.69, 9.17) is 9.47 Å². The first-order chi connectivity index (χ1) is 14.5. The first-order valence-electron chi connectivity index (χ1n) is 9.28. The highest BCUT2D eigenvalue weighted by molar-refractivity contribution is 7.99. The van der Waals surface area contributed by atoms with Crippen LogP contribution in [0.3, 0.4) is 0 Å². The number of nitrogens with one attached hydrogen (secondary N) is 2. The number of H-pyrrole nitrogens is 1. The van der Waals surface area contributed by atoms with Gasteiger partial charge in [0.1, 0.15) is 11.5 Å². The average Bonchev–Trinajstić information content (AvgIpc) is 2.75. The number of aryl methyl sites for hydroxylation is 1. The topological polar surface area (TPSA) is 93.3 Å². The lowest BCUT2D eigenvalue weighted by molar-refractivity contribution is -0.113. The zero-order chi connectivity index (χ0) is 21.5. The molecule has 7 nitrogen and oxygen atoms in total. The number of carbonyl (C=O) groups excluding carboxylic acids is 1. The highest BCUT2D eigenvalue weighted by Gasteiger charge is 2.12. The third-order valence-electron chi connectivity index (χ3n) is 4.40. The van der Waals surface area contributed by atoms with Gasteiger partial charge < -0.3 is 19.8 Å². The Hall–Kier alpha value is -3.26. The van der Waals surface area contributed by atoms with Crippen LogP contribution in [-0.4, -0.2) is 35.8 Å². The fourth-order valence-corrected chi connectivity index (χ4v) is 3.58. The number of nitrogens with zero attached hydrogens (tertiary/aromatic N) is 1. The molecular weight excluding hydrogens is 402 g/mol. The number of benzene rings is 2. The molecule has 2 aromatic carbocycles. The summed E-state index contributed by atoms with van der Waals surface area (Å²) in [6, 6.07) is 14.9. The lowest BCUT2D eigenvalue weighted by Gasteiger charge is -2.10. The lowest BCUT2D eigenvalue weighted by Crippen LogP contribution is -2.19. The summed E-state index contributed by atoms with van der Waals surface area (Å²) in [5.74, 6) is 1.02. The van der Waals surface area contributed by atoms with E-state index in [0.717, 1.165) is 5.56 Å². The van der Waals surface area contributed by atoms with Crippen molar-refractivity contribution >= 4 is 23.4 Å². The van der Waals surface area contributed by atoms with E-state index in [1.54, 1.807) is 39.3 Å². The Kier molecular flexibility index (Phi) is 7.13. The number of aromatic nitrogens is 2. The molecule has 0 aliphatic heterocycles. The van der Waals surface area contributed by atoms with Gasteiger partial charge in [-0.3, -0.25) is 9.59 Å². The van der Waals surface area contributed by atoms with Crippen molar-refractivity contribution in [3.63, 3.8) is 0 Å². The summed E-state index contributed by atoms with van der Waals surface area (Å²) in [7, 11) is 3.09. The standard InChI is InChI=1S/C22H23N3O4S/c1-14-19(9-15-7-5-4-6-8-15)21(27)25-22(23-14)30-13-20(26)24-16-10-17(28-2)12-18(11-16)29-3/h4-8,10-12H,9,13H2,1-3H3,(H,24,26)(H,23,25,27). The second-order valence-corrected chi connectivity index (χ2v) is 7.50. The molecule has 3 rings (SSSR count). The predicted molar refractivity (Wildman–Crippen MR) is 118 cm³/mol. The third kappa shape index (κ3) is 5.64. The van der Waals surface area contributed by atoms with Gasteiger partial charge in [-0.2, -0.15) is 0 Å². The zero-order valence-corrected chi connectivity index (χ0v) is 17.8. The van der Waals surface area contributed by atoms with Gasteiger partial charge in [0.15, 0.2) is 5.16 Å². The molecule has 0 spiro atoms. The molecule has 0 radical (unpaired) electrons. The van der Waals surface area contributed by atoms with Crippen molar-refractivity contribution in [3.8, 4) is 11.5 Å². The molecule has 156 valence electrons. The fourth-order valence-electron chi connectivity index (χ4n) is 2.87. The number of hydrogen-bond donors (Lipinski definition) is 2. The molecule has 8 heteroatoms. The number of thioether (sulfide) groups is 1. The van der Waals surface area contributed by atoms with E-state index in [2.05, 4.69) is 15.3 Å². The van der Waals surface area contributed by atoms with Crippen LogP contribution < -0.4 is 20.3 Å². The molecule has 0 aliphatic rings. The van der Waals surface area contributed by atoms with Crippen molar-refractivity contribution < 1.29 is 14.3 Å². The van der Waals surface area contributed by atoms with Crippen molar-refractivity contribution in [3.05, 3.63) is 75.7 Å². The first kappa shape index (κ1) is 21.4. The number of methoxy groups -OCH3 is 2. The van der Waals surface area contributed by atoms with Crippen molar-refractivity contribution in [2.75, 3.05) is 25.3 Å². The fraction of sp³-hybridized carbons (Fsp3) is 0.227. The van der Waals surface area contributed by atoms with Crippen LogP contribution in [0.5, 0.6) is 11.5 Å². The summed E-state index contributed by atoms with van der Waals surface area (Å²) in [5, 5.41) is 3.21. The van der Waals surface area contributed by atoms with Crippen molar-refractivity contribution in [2.24, 2.45) is 0 Å². The quantitative estimate of drug-likeness (QED) is 0.424. The van der Waals surface area contributed by atoms with Gasteiger partial charge in [-0.25, -0.2) is 4.98 Å². The van der Waals surface area contributed by atoms with Crippen LogP contribution in [0, 0.1) is 6.92 Å². The van der Waals surface area contributed by atoms with Crippen LogP contribution >= 0.6 is 11.8 Å². The second kappa shape index (κ2) is 9.98. The highest BCUT2D eigenvalue weighted by atomic mass is 32.2. The number of rotatable bonds is 8. The molecule has 2 N–H and O–H groups in total. The van der Waals surface area contributed by atoms with Gasteiger partial charge in [-0.05, 0) is 12.5 Å². The maximum atomic E-state index is 12.5. The molecule has 0 unspecified atom stereocenters. The predicted octanol–water partition coefficient (Wildman–Crippen LogP) is 3.42. The molecule has 0 saturated carbocycles. The van der Waals surface area contributed by atoms with E-state index < -0.39 is 0 Å². The van der Waals surface area contributed by atoms with Gasteiger partial charge in [0.25, 0.3) is 5.56 Å². The van der Waals surface area contributed by atoms with Crippen LogP contribution in [-0.2, 0) is 11.2 Å². The van der Waals surface area contributed by atoms with Gasteiger partial charge in [-0.1, -0.05) is 42.1 Å². The van der Waals surface area contributed by atoms with E-state index in [0.29, 0.717) is 40.0 Å². The Morgan fingerprint density at radius 2 is 1.77 bits per heavy atom. The second-order valence-electron chi connectivity index (χ2n) is 6.54. The van der Waals surface area contributed by atoms with Crippen LogP contribution in [0.25, 0.3) is 0 Å². The number of aromatic amines is 1. The molecular formula is C22H23N3O4S. The molecule has 0 atom stereocenters. The third-order valence-corrected chi connectivity index (χ3v) is 5.27. The van der Waals surface area contributed by atoms with Gasteiger partial charge in [0.05, 0.1) is 20.0 Å². The monoisotopic (exact) mass is 425 g/mol. The van der Waals surface area contributed by atoms with Crippen LogP contribution in [0.1, 0.15) is 16.8 Å².